The molecule has 1 aromatic heterocycles. The number of benzene rings is 2. The van der Waals surface area contributed by atoms with Crippen molar-refractivity contribution in [3.8, 4) is 17.2 Å². The van der Waals surface area contributed by atoms with Gasteiger partial charge >= 0.3 is 12.6 Å². The van der Waals surface area contributed by atoms with E-state index in [9.17, 15) is 18.4 Å². The number of methoxy groups -OCH3 is 2. The zero-order valence-corrected chi connectivity index (χ0v) is 23.8. The Bertz CT molecular complexity index is 1630. The molecular formula is C28H27ClF2N2O6S. The molecule has 2 aromatic carbocycles. The van der Waals surface area contributed by atoms with Crippen molar-refractivity contribution in [2.45, 2.75) is 39.3 Å². The average molecular weight is 593 g/mol. The Balaban J connectivity index is 1.98. The molecule has 1 aliphatic heterocycles. The van der Waals surface area contributed by atoms with Crippen molar-refractivity contribution in [1.29, 1.82) is 0 Å². The van der Waals surface area contributed by atoms with Gasteiger partial charge in [-0.15, -0.1) is 0 Å². The number of carbonyl (C=O) groups excluding carboxylic acids is 1. The third-order valence-corrected chi connectivity index (χ3v) is 7.30. The Kier molecular flexibility index (Phi) is 9.26. The van der Waals surface area contributed by atoms with Gasteiger partial charge in [0, 0.05) is 10.6 Å². The summed E-state index contributed by atoms with van der Waals surface area (Å²) in [5.41, 5.74) is 1.35. The molecule has 1 aliphatic rings. The van der Waals surface area contributed by atoms with E-state index in [0.29, 0.717) is 49.8 Å². The summed E-state index contributed by atoms with van der Waals surface area (Å²) in [5, 5.41) is 0.397. The first-order chi connectivity index (χ1) is 19.2. The number of fused-ring (bicyclic) bond motifs is 1. The van der Waals surface area contributed by atoms with Crippen LogP contribution in [0.25, 0.3) is 6.08 Å². The van der Waals surface area contributed by atoms with Crippen molar-refractivity contribution in [3.05, 3.63) is 83.5 Å². The van der Waals surface area contributed by atoms with Gasteiger partial charge in [0.05, 0.1) is 36.6 Å². The molecule has 3 aromatic rings. The van der Waals surface area contributed by atoms with E-state index < -0.39 is 24.2 Å². The normalized spacial score (nSPS) is 15.1. The highest BCUT2D eigenvalue weighted by Gasteiger charge is 2.36. The molecule has 1 atom stereocenters. The molecule has 0 saturated heterocycles. The van der Waals surface area contributed by atoms with E-state index in [-0.39, 0.29) is 23.7 Å². The predicted octanol–water partition coefficient (Wildman–Crippen LogP) is 4.85. The number of nitrogens with zero attached hydrogens (tertiary/aromatic N) is 2. The van der Waals surface area contributed by atoms with Crippen molar-refractivity contribution in [1.82, 2.24) is 4.57 Å². The van der Waals surface area contributed by atoms with Crippen molar-refractivity contribution >= 4 is 35.0 Å². The van der Waals surface area contributed by atoms with E-state index in [0.717, 1.165) is 11.3 Å². The molecule has 0 unspecified atom stereocenters. The summed E-state index contributed by atoms with van der Waals surface area (Å²) < 4.78 is 47.9. The standard InChI is InChI=1S/C28H27ClF2N2O6S/c1-5-7-18-23(26(35)38-6-2)24(17-14-16(29)9-11-19(17)36-3)33-25(34)22(40-28(33)32-18)13-15-8-10-20(39-27(30)31)21(12-15)37-4/h8-14,24,27H,5-7H2,1-4H3/b22-13-/t24-/m1/s1. The zero-order chi connectivity index (χ0) is 29.0. The summed E-state index contributed by atoms with van der Waals surface area (Å²) in [5.74, 6) is -0.205. The first-order valence-corrected chi connectivity index (χ1v) is 13.6. The first kappa shape index (κ1) is 29.3. The minimum absolute atomic E-state index is 0.0817. The number of allylic oxidation sites excluding steroid dienone is 1. The summed E-state index contributed by atoms with van der Waals surface area (Å²) >= 11 is 7.49. The van der Waals surface area contributed by atoms with Crippen LogP contribution in [-0.2, 0) is 9.53 Å². The maximum absolute atomic E-state index is 13.9. The van der Waals surface area contributed by atoms with Crippen LogP contribution in [0.15, 0.2) is 57.5 Å². The van der Waals surface area contributed by atoms with Gasteiger partial charge in [0.2, 0.25) is 0 Å². The zero-order valence-electron chi connectivity index (χ0n) is 22.2. The molecule has 0 spiro atoms. The first-order valence-electron chi connectivity index (χ1n) is 12.4. The number of aromatic nitrogens is 1. The predicted molar refractivity (Wildman–Crippen MR) is 147 cm³/mol. The van der Waals surface area contributed by atoms with Gasteiger partial charge in [-0.3, -0.25) is 9.36 Å². The summed E-state index contributed by atoms with van der Waals surface area (Å²) in [7, 11) is 2.82. The Morgan fingerprint density at radius 1 is 1.12 bits per heavy atom. The molecule has 0 aliphatic carbocycles. The van der Waals surface area contributed by atoms with Crippen LogP contribution in [-0.4, -0.2) is 38.0 Å². The number of alkyl halides is 2. The van der Waals surface area contributed by atoms with Gasteiger partial charge in [-0.25, -0.2) is 9.79 Å². The van der Waals surface area contributed by atoms with Crippen LogP contribution < -0.4 is 29.1 Å². The topological polar surface area (TPSA) is 88.4 Å². The van der Waals surface area contributed by atoms with Crippen molar-refractivity contribution in [3.63, 3.8) is 0 Å². The Labute approximate surface area is 237 Å². The fourth-order valence-corrected chi connectivity index (χ4v) is 5.65. The fourth-order valence-electron chi connectivity index (χ4n) is 4.45. The molecule has 8 nitrogen and oxygen atoms in total. The highest BCUT2D eigenvalue weighted by Crippen LogP contribution is 2.38. The van der Waals surface area contributed by atoms with Crippen molar-refractivity contribution in [2.24, 2.45) is 4.99 Å². The number of esters is 1. The molecule has 40 heavy (non-hydrogen) atoms. The third-order valence-electron chi connectivity index (χ3n) is 6.08. The number of carbonyl (C=O) groups is 1. The maximum Gasteiger partial charge on any atom is 0.387 e. The van der Waals surface area contributed by atoms with Gasteiger partial charge in [-0.1, -0.05) is 42.3 Å². The van der Waals surface area contributed by atoms with E-state index in [1.807, 2.05) is 6.92 Å². The third kappa shape index (κ3) is 5.90. The highest BCUT2D eigenvalue weighted by molar-refractivity contribution is 7.07. The molecule has 2 heterocycles. The van der Waals surface area contributed by atoms with Crippen LogP contribution in [0.2, 0.25) is 5.02 Å². The summed E-state index contributed by atoms with van der Waals surface area (Å²) in [4.78, 5) is 32.4. The summed E-state index contributed by atoms with van der Waals surface area (Å²) in [6.07, 6.45) is 2.77. The number of halogens is 3. The van der Waals surface area contributed by atoms with Crippen molar-refractivity contribution in [2.75, 3.05) is 20.8 Å². The van der Waals surface area contributed by atoms with Gasteiger partial charge in [0.1, 0.15) is 11.8 Å². The van der Waals surface area contributed by atoms with Crippen molar-refractivity contribution < 1.29 is 32.5 Å². The molecule has 0 bridgehead atoms. The van der Waals surface area contributed by atoms with Crippen LogP contribution in [0, 0.1) is 0 Å². The minimum atomic E-state index is -3.02. The van der Waals surface area contributed by atoms with Crippen LogP contribution in [0.3, 0.4) is 0 Å². The molecule has 0 N–H and O–H groups in total. The SMILES string of the molecule is CCCC1=C(C(=O)OCC)[C@@H](c2cc(Cl)ccc2OC)n2c(s/c(=C\c3ccc(OC(F)F)c(OC)c3)c2=O)=N1. The van der Waals surface area contributed by atoms with E-state index in [2.05, 4.69) is 4.74 Å². The van der Waals surface area contributed by atoms with E-state index in [1.54, 1.807) is 31.2 Å². The molecule has 0 saturated carbocycles. The summed E-state index contributed by atoms with van der Waals surface area (Å²) in [6, 6.07) is 8.43. The number of hydrogen-bond acceptors (Lipinski definition) is 8. The second kappa shape index (κ2) is 12.6. The van der Waals surface area contributed by atoms with E-state index in [1.165, 1.54) is 37.0 Å². The lowest BCUT2D eigenvalue weighted by Crippen LogP contribution is -2.40. The largest absolute Gasteiger partial charge is 0.496 e. The van der Waals surface area contributed by atoms with Gasteiger partial charge in [-0.05, 0) is 55.3 Å². The smallest absolute Gasteiger partial charge is 0.387 e. The van der Waals surface area contributed by atoms with Crippen LogP contribution in [0.4, 0.5) is 8.78 Å². The number of ether oxygens (including phenoxy) is 4. The highest BCUT2D eigenvalue weighted by atomic mass is 35.5. The average Bonchev–Trinajstić information content (AvgIpc) is 3.22. The number of hydrogen-bond donors (Lipinski definition) is 0. The van der Waals surface area contributed by atoms with Gasteiger partial charge in [-0.2, -0.15) is 8.78 Å². The molecule has 12 heteroatoms. The molecule has 4 rings (SSSR count). The lowest BCUT2D eigenvalue weighted by Gasteiger charge is -2.27. The molecule has 0 amide bonds. The lowest BCUT2D eigenvalue weighted by molar-refractivity contribution is -0.139. The lowest BCUT2D eigenvalue weighted by atomic mass is 9.93. The van der Waals surface area contributed by atoms with Gasteiger partial charge < -0.3 is 18.9 Å². The molecular weight excluding hydrogens is 566 g/mol. The number of thiazole rings is 1. The fraction of sp³-hybridized carbons (Fsp3) is 0.321. The second-order valence-electron chi connectivity index (χ2n) is 8.59. The van der Waals surface area contributed by atoms with Crippen LogP contribution in [0.5, 0.6) is 17.2 Å². The quantitative estimate of drug-likeness (QED) is 0.313. The summed E-state index contributed by atoms with van der Waals surface area (Å²) in [6.45, 7) is 0.787. The maximum atomic E-state index is 13.9. The number of rotatable bonds is 10. The van der Waals surface area contributed by atoms with Crippen LogP contribution in [0.1, 0.15) is 43.9 Å². The van der Waals surface area contributed by atoms with Gasteiger partial charge in [0.15, 0.2) is 16.3 Å². The van der Waals surface area contributed by atoms with Crippen LogP contribution >= 0.6 is 22.9 Å². The molecule has 0 fully saturated rings. The second-order valence-corrected chi connectivity index (χ2v) is 10.0. The molecule has 0 radical (unpaired) electrons. The Morgan fingerprint density at radius 2 is 1.85 bits per heavy atom. The minimum Gasteiger partial charge on any atom is -0.496 e. The monoisotopic (exact) mass is 592 g/mol. The van der Waals surface area contributed by atoms with E-state index in [4.69, 9.17) is 30.8 Å². The van der Waals surface area contributed by atoms with Gasteiger partial charge in [0.25, 0.3) is 5.56 Å². The Morgan fingerprint density at radius 3 is 2.50 bits per heavy atom. The molecule has 212 valence electrons. The Hall–Kier alpha value is -3.70. The van der Waals surface area contributed by atoms with E-state index >= 15 is 0 Å².